The number of amides is 1. The summed E-state index contributed by atoms with van der Waals surface area (Å²) in [6, 6.07) is 6.24. The maximum absolute atomic E-state index is 13.3. The third kappa shape index (κ3) is 3.32. The van der Waals surface area contributed by atoms with Gasteiger partial charge < -0.3 is 10.2 Å². The summed E-state index contributed by atoms with van der Waals surface area (Å²) in [6.45, 7) is 6.31. The molecule has 3 nitrogen and oxygen atoms in total. The fourth-order valence-corrected chi connectivity index (χ4v) is 2.67. The SMILES string of the molecule is CCN(C(=O)C1CNCC(C)C1)c1cccc(F)c1. The highest BCUT2D eigenvalue weighted by Crippen LogP contribution is 2.22. The summed E-state index contributed by atoms with van der Waals surface area (Å²) in [7, 11) is 0. The van der Waals surface area contributed by atoms with E-state index in [4.69, 9.17) is 0 Å². The van der Waals surface area contributed by atoms with Crippen molar-refractivity contribution < 1.29 is 9.18 Å². The summed E-state index contributed by atoms with van der Waals surface area (Å²) in [6.07, 6.45) is 0.900. The van der Waals surface area contributed by atoms with Gasteiger partial charge in [0.15, 0.2) is 0 Å². The Kier molecular flexibility index (Phi) is 4.53. The average Bonchev–Trinajstić information content (AvgIpc) is 2.39. The zero-order chi connectivity index (χ0) is 13.8. The Morgan fingerprint density at radius 3 is 2.89 bits per heavy atom. The van der Waals surface area contributed by atoms with E-state index in [0.29, 0.717) is 18.2 Å². The van der Waals surface area contributed by atoms with Crippen LogP contribution in [0.3, 0.4) is 0 Å². The molecule has 4 heteroatoms. The number of nitrogens with zero attached hydrogens (tertiary/aromatic N) is 1. The van der Waals surface area contributed by atoms with Crippen molar-refractivity contribution in [3.8, 4) is 0 Å². The molecule has 1 fully saturated rings. The lowest BCUT2D eigenvalue weighted by molar-refractivity contribution is -0.123. The minimum atomic E-state index is -0.307. The van der Waals surface area contributed by atoms with Gasteiger partial charge in [0.1, 0.15) is 5.82 Å². The van der Waals surface area contributed by atoms with E-state index in [9.17, 15) is 9.18 Å². The molecule has 0 aromatic heterocycles. The molecule has 1 heterocycles. The highest BCUT2D eigenvalue weighted by molar-refractivity contribution is 5.95. The molecule has 1 amide bonds. The molecule has 1 saturated heterocycles. The van der Waals surface area contributed by atoms with Gasteiger partial charge in [-0.3, -0.25) is 4.79 Å². The van der Waals surface area contributed by atoms with E-state index >= 15 is 0 Å². The van der Waals surface area contributed by atoms with Gasteiger partial charge in [-0.05, 0) is 44.0 Å². The van der Waals surface area contributed by atoms with E-state index in [2.05, 4.69) is 12.2 Å². The Morgan fingerprint density at radius 1 is 1.47 bits per heavy atom. The van der Waals surface area contributed by atoms with Crippen LogP contribution in [0.1, 0.15) is 20.3 Å². The van der Waals surface area contributed by atoms with Gasteiger partial charge >= 0.3 is 0 Å². The van der Waals surface area contributed by atoms with Crippen LogP contribution in [-0.4, -0.2) is 25.5 Å². The molecular formula is C15H21FN2O. The van der Waals surface area contributed by atoms with Gasteiger partial charge in [-0.2, -0.15) is 0 Å². The molecule has 0 radical (unpaired) electrons. The largest absolute Gasteiger partial charge is 0.316 e. The monoisotopic (exact) mass is 264 g/mol. The minimum absolute atomic E-state index is 0.00744. The smallest absolute Gasteiger partial charge is 0.231 e. The molecular weight excluding hydrogens is 243 g/mol. The third-order valence-electron chi connectivity index (χ3n) is 3.62. The van der Waals surface area contributed by atoms with E-state index < -0.39 is 0 Å². The predicted octanol–water partition coefficient (Wildman–Crippen LogP) is 2.42. The average molecular weight is 264 g/mol. The first kappa shape index (κ1) is 14.0. The van der Waals surface area contributed by atoms with Crippen molar-refractivity contribution in [1.29, 1.82) is 0 Å². The van der Waals surface area contributed by atoms with Crippen LogP contribution in [0.15, 0.2) is 24.3 Å². The molecule has 0 spiro atoms. The highest BCUT2D eigenvalue weighted by Gasteiger charge is 2.28. The Labute approximate surface area is 113 Å². The van der Waals surface area contributed by atoms with Gasteiger partial charge in [-0.15, -0.1) is 0 Å². The number of carbonyl (C=O) groups is 1. The zero-order valence-corrected chi connectivity index (χ0v) is 11.5. The van der Waals surface area contributed by atoms with Crippen LogP contribution in [0.25, 0.3) is 0 Å². The molecule has 2 unspecified atom stereocenters. The van der Waals surface area contributed by atoms with E-state index in [-0.39, 0.29) is 17.6 Å². The molecule has 2 rings (SSSR count). The van der Waals surface area contributed by atoms with Crippen LogP contribution in [0.4, 0.5) is 10.1 Å². The predicted molar refractivity (Wildman–Crippen MR) is 74.6 cm³/mol. The quantitative estimate of drug-likeness (QED) is 0.909. The summed E-state index contributed by atoms with van der Waals surface area (Å²) in [4.78, 5) is 14.2. The van der Waals surface area contributed by atoms with Crippen molar-refractivity contribution in [2.75, 3.05) is 24.5 Å². The molecule has 1 aliphatic rings. The Morgan fingerprint density at radius 2 is 2.26 bits per heavy atom. The second-order valence-electron chi connectivity index (χ2n) is 5.26. The van der Waals surface area contributed by atoms with Crippen LogP contribution in [0.5, 0.6) is 0 Å². The maximum Gasteiger partial charge on any atom is 0.231 e. The van der Waals surface area contributed by atoms with Gasteiger partial charge in [0, 0.05) is 18.8 Å². The molecule has 1 aromatic rings. The molecule has 19 heavy (non-hydrogen) atoms. The lowest BCUT2D eigenvalue weighted by Gasteiger charge is -2.31. The van der Waals surface area contributed by atoms with Gasteiger partial charge in [0.2, 0.25) is 5.91 Å². The number of rotatable bonds is 3. The Balaban J connectivity index is 2.15. The normalized spacial score (nSPS) is 23.1. The molecule has 0 aliphatic carbocycles. The van der Waals surface area contributed by atoms with Crippen LogP contribution >= 0.6 is 0 Å². The highest BCUT2D eigenvalue weighted by atomic mass is 19.1. The standard InChI is InChI=1S/C15H21FN2O/c1-3-18(14-6-4-5-13(16)8-14)15(19)12-7-11(2)9-17-10-12/h4-6,8,11-12,17H,3,7,9-10H2,1-2H3. The number of benzene rings is 1. The van der Waals surface area contributed by atoms with Crippen LogP contribution in [-0.2, 0) is 4.79 Å². The first-order valence-electron chi connectivity index (χ1n) is 6.89. The topological polar surface area (TPSA) is 32.3 Å². The van der Waals surface area contributed by atoms with Gasteiger partial charge in [0.05, 0.1) is 5.92 Å². The number of piperidine rings is 1. The minimum Gasteiger partial charge on any atom is -0.316 e. The van der Waals surface area contributed by atoms with Crippen molar-refractivity contribution in [1.82, 2.24) is 5.32 Å². The van der Waals surface area contributed by atoms with Gasteiger partial charge in [-0.25, -0.2) is 4.39 Å². The van der Waals surface area contributed by atoms with E-state index in [0.717, 1.165) is 19.5 Å². The number of halogens is 1. The molecule has 1 aromatic carbocycles. The summed E-state index contributed by atoms with van der Waals surface area (Å²) in [5.41, 5.74) is 0.644. The number of anilines is 1. The number of hydrogen-bond acceptors (Lipinski definition) is 2. The van der Waals surface area contributed by atoms with Gasteiger partial charge in [0.25, 0.3) is 0 Å². The maximum atomic E-state index is 13.3. The lowest BCUT2D eigenvalue weighted by Crippen LogP contribution is -2.45. The fraction of sp³-hybridized carbons (Fsp3) is 0.533. The van der Waals surface area contributed by atoms with Gasteiger partial charge in [-0.1, -0.05) is 13.0 Å². The Bertz CT molecular complexity index is 450. The summed E-state index contributed by atoms with van der Waals surface area (Å²) in [5, 5.41) is 3.29. The number of nitrogens with one attached hydrogen (secondary N) is 1. The van der Waals surface area contributed by atoms with E-state index in [1.165, 1.54) is 12.1 Å². The van der Waals surface area contributed by atoms with Crippen molar-refractivity contribution in [3.05, 3.63) is 30.1 Å². The second kappa shape index (κ2) is 6.15. The fourth-order valence-electron chi connectivity index (χ4n) is 2.67. The van der Waals surface area contributed by atoms with Crippen molar-refractivity contribution in [2.24, 2.45) is 11.8 Å². The molecule has 0 saturated carbocycles. The lowest BCUT2D eigenvalue weighted by atomic mass is 9.90. The summed E-state index contributed by atoms with van der Waals surface area (Å²) < 4.78 is 13.3. The van der Waals surface area contributed by atoms with Crippen molar-refractivity contribution in [3.63, 3.8) is 0 Å². The number of hydrogen-bond donors (Lipinski definition) is 1. The molecule has 104 valence electrons. The molecule has 1 aliphatic heterocycles. The van der Waals surface area contributed by atoms with Crippen LogP contribution in [0.2, 0.25) is 0 Å². The zero-order valence-electron chi connectivity index (χ0n) is 11.5. The first-order valence-corrected chi connectivity index (χ1v) is 6.89. The summed E-state index contributed by atoms with van der Waals surface area (Å²) >= 11 is 0. The first-order chi connectivity index (χ1) is 9.11. The van der Waals surface area contributed by atoms with E-state index in [1.807, 2.05) is 6.92 Å². The number of carbonyl (C=O) groups excluding carboxylic acids is 1. The molecule has 0 bridgehead atoms. The van der Waals surface area contributed by atoms with Crippen molar-refractivity contribution in [2.45, 2.75) is 20.3 Å². The van der Waals surface area contributed by atoms with Crippen molar-refractivity contribution >= 4 is 11.6 Å². The third-order valence-corrected chi connectivity index (χ3v) is 3.62. The molecule has 1 N–H and O–H groups in total. The van der Waals surface area contributed by atoms with Crippen LogP contribution in [0, 0.1) is 17.7 Å². The summed E-state index contributed by atoms with van der Waals surface area (Å²) in [5.74, 6) is 0.284. The molecule has 2 atom stereocenters. The van der Waals surface area contributed by atoms with E-state index in [1.54, 1.807) is 17.0 Å². The Hall–Kier alpha value is -1.42. The second-order valence-corrected chi connectivity index (χ2v) is 5.26. The van der Waals surface area contributed by atoms with Crippen LogP contribution < -0.4 is 10.2 Å².